The van der Waals surface area contributed by atoms with Crippen LogP contribution in [-0.2, 0) is 4.79 Å². The number of nitrogens with zero attached hydrogens (tertiary/aromatic N) is 1. The van der Waals surface area contributed by atoms with Crippen LogP contribution < -0.4 is 5.32 Å². The number of likely N-dealkylation sites (N-methyl/N-ethyl adjacent to an activating group) is 1. The smallest absolute Gasteiger partial charge is 0.262 e. The number of nitriles is 1. The Morgan fingerprint density at radius 2 is 1.88 bits per heavy atom. The van der Waals surface area contributed by atoms with Gasteiger partial charge in [-0.25, -0.2) is 0 Å². The van der Waals surface area contributed by atoms with E-state index in [1.165, 1.54) is 5.56 Å². The SMILES string of the molecule is CCNC(=O)/C(C#N)=C1\c2ccccc2Sc2c1cccc2C(C)C. The molecule has 1 heterocycles. The lowest BCUT2D eigenvalue weighted by Gasteiger charge is -2.26. The largest absolute Gasteiger partial charge is 0.352 e. The third-order valence-corrected chi connectivity index (χ3v) is 5.47. The molecule has 0 aromatic heterocycles. The molecule has 1 aliphatic heterocycles. The number of amides is 1. The fourth-order valence-electron chi connectivity index (χ4n) is 3.08. The molecule has 4 heteroatoms. The summed E-state index contributed by atoms with van der Waals surface area (Å²) in [5.74, 6) is 0.0477. The van der Waals surface area contributed by atoms with Crippen molar-refractivity contribution in [2.75, 3.05) is 6.54 Å². The lowest BCUT2D eigenvalue weighted by atomic mass is 9.89. The van der Waals surface area contributed by atoms with E-state index in [2.05, 4.69) is 31.3 Å². The maximum atomic E-state index is 12.5. The van der Waals surface area contributed by atoms with E-state index in [9.17, 15) is 10.1 Å². The summed E-state index contributed by atoms with van der Waals surface area (Å²) in [6, 6.07) is 16.3. The van der Waals surface area contributed by atoms with Gasteiger partial charge in [0, 0.05) is 21.9 Å². The van der Waals surface area contributed by atoms with Crippen molar-refractivity contribution in [1.82, 2.24) is 5.32 Å². The zero-order valence-corrected chi connectivity index (χ0v) is 15.4. The van der Waals surface area contributed by atoms with Crippen LogP contribution in [0.15, 0.2) is 57.8 Å². The van der Waals surface area contributed by atoms with E-state index in [4.69, 9.17) is 0 Å². The molecule has 1 amide bonds. The maximum Gasteiger partial charge on any atom is 0.262 e. The number of carbonyl (C=O) groups is 1. The van der Waals surface area contributed by atoms with Gasteiger partial charge in [0.1, 0.15) is 11.6 Å². The molecule has 0 bridgehead atoms. The first-order valence-electron chi connectivity index (χ1n) is 8.41. The van der Waals surface area contributed by atoms with Gasteiger partial charge in [-0.15, -0.1) is 0 Å². The number of hydrogen-bond donors (Lipinski definition) is 1. The minimum absolute atomic E-state index is 0.178. The maximum absolute atomic E-state index is 12.5. The van der Waals surface area contributed by atoms with Gasteiger partial charge in [0.2, 0.25) is 0 Å². The molecule has 0 spiro atoms. The van der Waals surface area contributed by atoms with Crippen LogP contribution in [0.25, 0.3) is 5.57 Å². The molecule has 25 heavy (non-hydrogen) atoms. The molecular weight excluding hydrogens is 328 g/mol. The Morgan fingerprint density at radius 1 is 1.16 bits per heavy atom. The summed E-state index contributed by atoms with van der Waals surface area (Å²) >= 11 is 1.72. The fraction of sp³-hybridized carbons (Fsp3) is 0.238. The van der Waals surface area contributed by atoms with Gasteiger partial charge in [-0.2, -0.15) is 5.26 Å². The fourth-order valence-corrected chi connectivity index (χ4v) is 4.42. The van der Waals surface area contributed by atoms with Crippen molar-refractivity contribution in [2.24, 2.45) is 0 Å². The molecule has 1 aliphatic rings. The van der Waals surface area contributed by atoms with E-state index in [0.29, 0.717) is 12.5 Å². The Balaban J connectivity index is 2.35. The van der Waals surface area contributed by atoms with Gasteiger partial charge in [-0.1, -0.05) is 62.0 Å². The summed E-state index contributed by atoms with van der Waals surface area (Å²) < 4.78 is 0. The first kappa shape index (κ1) is 17.3. The van der Waals surface area contributed by atoms with E-state index >= 15 is 0 Å². The summed E-state index contributed by atoms with van der Waals surface area (Å²) in [6.07, 6.45) is 0. The number of fused-ring (bicyclic) bond motifs is 2. The van der Waals surface area contributed by atoms with Gasteiger partial charge in [0.25, 0.3) is 5.91 Å². The van der Waals surface area contributed by atoms with E-state index in [1.807, 2.05) is 43.3 Å². The molecule has 1 N–H and O–H groups in total. The van der Waals surface area contributed by atoms with Crippen molar-refractivity contribution in [1.29, 1.82) is 5.26 Å². The highest BCUT2D eigenvalue weighted by molar-refractivity contribution is 7.99. The van der Waals surface area contributed by atoms with Crippen LogP contribution in [0.4, 0.5) is 0 Å². The Bertz CT molecular complexity index is 906. The minimum atomic E-state index is -0.317. The highest BCUT2D eigenvalue weighted by atomic mass is 32.2. The predicted molar refractivity (Wildman–Crippen MR) is 101 cm³/mol. The van der Waals surface area contributed by atoms with Crippen LogP contribution in [-0.4, -0.2) is 12.5 Å². The Labute approximate surface area is 152 Å². The topological polar surface area (TPSA) is 52.9 Å². The second kappa shape index (κ2) is 7.16. The second-order valence-corrected chi connectivity index (χ2v) is 7.25. The normalized spacial score (nSPS) is 14.4. The molecule has 0 saturated carbocycles. The zero-order valence-electron chi connectivity index (χ0n) is 14.6. The molecule has 0 saturated heterocycles. The summed E-state index contributed by atoms with van der Waals surface area (Å²) in [5, 5.41) is 12.5. The standard InChI is InChI=1S/C21H20N2OS/c1-4-23-21(24)17(12-22)19-15-8-5-6-11-18(15)25-20-14(13(2)3)9-7-10-16(19)20/h5-11,13H,4H2,1-3H3,(H,23,24)/b19-17+. The van der Waals surface area contributed by atoms with E-state index < -0.39 is 0 Å². The number of hydrogen-bond acceptors (Lipinski definition) is 3. The number of nitrogens with one attached hydrogen (secondary N) is 1. The lowest BCUT2D eigenvalue weighted by molar-refractivity contribution is -0.116. The monoisotopic (exact) mass is 348 g/mol. The highest BCUT2D eigenvalue weighted by Gasteiger charge is 2.28. The lowest BCUT2D eigenvalue weighted by Crippen LogP contribution is -2.25. The number of carbonyl (C=O) groups excluding carboxylic acids is 1. The number of rotatable bonds is 3. The van der Waals surface area contributed by atoms with Crippen LogP contribution in [0.3, 0.4) is 0 Å². The van der Waals surface area contributed by atoms with E-state index in [1.54, 1.807) is 11.8 Å². The van der Waals surface area contributed by atoms with Gasteiger partial charge in [0.15, 0.2) is 0 Å². The molecule has 0 fully saturated rings. The Kier molecular flexibility index (Phi) is 4.96. The minimum Gasteiger partial charge on any atom is -0.352 e. The Hall–Kier alpha value is -2.51. The van der Waals surface area contributed by atoms with Gasteiger partial charge < -0.3 is 5.32 Å². The van der Waals surface area contributed by atoms with Crippen LogP contribution >= 0.6 is 11.8 Å². The van der Waals surface area contributed by atoms with Crippen molar-refractivity contribution in [3.63, 3.8) is 0 Å². The Morgan fingerprint density at radius 3 is 2.56 bits per heavy atom. The van der Waals surface area contributed by atoms with Gasteiger partial charge in [-0.05, 0) is 35.6 Å². The average Bonchev–Trinajstić information content (AvgIpc) is 2.61. The molecule has 0 radical (unpaired) electrons. The van der Waals surface area contributed by atoms with E-state index in [-0.39, 0.29) is 11.5 Å². The highest BCUT2D eigenvalue weighted by Crippen LogP contribution is 2.49. The van der Waals surface area contributed by atoms with Crippen LogP contribution in [0.5, 0.6) is 0 Å². The van der Waals surface area contributed by atoms with Crippen LogP contribution in [0.2, 0.25) is 0 Å². The first-order valence-corrected chi connectivity index (χ1v) is 9.23. The molecule has 3 rings (SSSR count). The predicted octanol–water partition coefficient (Wildman–Crippen LogP) is 4.74. The van der Waals surface area contributed by atoms with Crippen LogP contribution in [0, 0.1) is 11.3 Å². The third-order valence-electron chi connectivity index (χ3n) is 4.23. The molecule has 0 unspecified atom stereocenters. The molecule has 2 aromatic carbocycles. The third kappa shape index (κ3) is 3.08. The van der Waals surface area contributed by atoms with Gasteiger partial charge in [0.05, 0.1) is 0 Å². The zero-order chi connectivity index (χ0) is 18.0. The van der Waals surface area contributed by atoms with E-state index in [0.717, 1.165) is 26.5 Å². The molecular formula is C21H20N2OS. The van der Waals surface area contributed by atoms with Crippen molar-refractivity contribution in [3.05, 3.63) is 64.7 Å². The summed E-state index contributed by atoms with van der Waals surface area (Å²) in [6.45, 7) is 6.67. The van der Waals surface area contributed by atoms with Crippen molar-refractivity contribution in [2.45, 2.75) is 36.5 Å². The van der Waals surface area contributed by atoms with Gasteiger partial charge in [-0.3, -0.25) is 4.79 Å². The molecule has 0 aliphatic carbocycles. The average molecular weight is 348 g/mol. The number of benzene rings is 2. The summed E-state index contributed by atoms with van der Waals surface area (Å²) in [7, 11) is 0. The van der Waals surface area contributed by atoms with Crippen LogP contribution in [0.1, 0.15) is 43.4 Å². The van der Waals surface area contributed by atoms with Crippen molar-refractivity contribution >= 4 is 23.2 Å². The molecule has 0 atom stereocenters. The molecule has 126 valence electrons. The second-order valence-electron chi connectivity index (χ2n) is 6.20. The summed E-state index contributed by atoms with van der Waals surface area (Å²) in [4.78, 5) is 14.7. The molecule has 3 nitrogen and oxygen atoms in total. The van der Waals surface area contributed by atoms with Gasteiger partial charge >= 0.3 is 0 Å². The molecule has 2 aromatic rings. The van der Waals surface area contributed by atoms with Crippen molar-refractivity contribution in [3.8, 4) is 6.07 Å². The van der Waals surface area contributed by atoms with Crippen molar-refractivity contribution < 1.29 is 4.79 Å². The quantitative estimate of drug-likeness (QED) is 0.549. The summed E-state index contributed by atoms with van der Waals surface area (Å²) in [5.41, 5.74) is 4.07. The first-order chi connectivity index (χ1) is 12.1.